The van der Waals surface area contributed by atoms with Crippen molar-refractivity contribution < 1.29 is 0 Å². The van der Waals surface area contributed by atoms with Crippen LogP contribution in [0.25, 0.3) is 22.3 Å². The Kier molecular flexibility index (Phi) is 3.93. The largest absolute Gasteiger partial charge is 0.249 e. The second-order valence-corrected chi connectivity index (χ2v) is 6.48. The van der Waals surface area contributed by atoms with E-state index in [2.05, 4.69) is 45.9 Å². The summed E-state index contributed by atoms with van der Waals surface area (Å²) in [5.74, 6) is 0.556. The molecule has 0 radical (unpaired) electrons. The van der Waals surface area contributed by atoms with Crippen LogP contribution >= 0.6 is 0 Å². The van der Waals surface area contributed by atoms with Crippen molar-refractivity contribution in [1.82, 2.24) is 9.97 Å². The number of hydrogen-bond acceptors (Lipinski definition) is 2. The Bertz CT molecular complexity index is 799. The van der Waals surface area contributed by atoms with Crippen molar-refractivity contribution in [3.63, 3.8) is 0 Å². The van der Waals surface area contributed by atoms with Crippen LogP contribution in [0.1, 0.15) is 30.7 Å². The Labute approximate surface area is 132 Å². The first kappa shape index (κ1) is 14.7. The van der Waals surface area contributed by atoms with Gasteiger partial charge < -0.3 is 0 Å². The minimum atomic E-state index is 0.556. The molecule has 1 heterocycles. The van der Waals surface area contributed by atoms with Gasteiger partial charge >= 0.3 is 0 Å². The van der Waals surface area contributed by atoms with Gasteiger partial charge in [0.1, 0.15) is 0 Å². The third-order valence-corrected chi connectivity index (χ3v) is 3.74. The fourth-order valence-corrected chi connectivity index (χ4v) is 2.91. The third-order valence-electron chi connectivity index (χ3n) is 3.74. The highest BCUT2D eigenvalue weighted by molar-refractivity contribution is 5.78. The Balaban J connectivity index is 2.24. The number of benzene rings is 2. The molecule has 0 aliphatic carbocycles. The monoisotopic (exact) mass is 290 g/mol. The zero-order valence-corrected chi connectivity index (χ0v) is 13.7. The zero-order chi connectivity index (χ0) is 15.7. The van der Waals surface area contributed by atoms with E-state index in [0.717, 1.165) is 28.8 Å². The lowest BCUT2D eigenvalue weighted by Crippen LogP contribution is -2.03. The predicted octanol–water partition coefficient (Wildman–Crippen LogP) is 5.11. The van der Waals surface area contributed by atoms with Crippen LogP contribution in [0, 0.1) is 19.8 Å². The van der Waals surface area contributed by atoms with Crippen molar-refractivity contribution in [3.05, 3.63) is 59.3 Å². The molecule has 3 aromatic rings. The summed E-state index contributed by atoms with van der Waals surface area (Å²) in [5, 5.41) is 0. The minimum absolute atomic E-state index is 0.556. The van der Waals surface area contributed by atoms with Crippen LogP contribution in [0.4, 0.5) is 0 Å². The summed E-state index contributed by atoms with van der Waals surface area (Å²) in [6.07, 6.45) is 0.945. The molecule has 0 aliphatic heterocycles. The van der Waals surface area contributed by atoms with Gasteiger partial charge in [0.2, 0.25) is 0 Å². The molecule has 0 saturated carbocycles. The first-order valence-corrected chi connectivity index (χ1v) is 7.87. The average molecular weight is 290 g/mol. The van der Waals surface area contributed by atoms with E-state index in [1.165, 1.54) is 16.7 Å². The summed E-state index contributed by atoms with van der Waals surface area (Å²) < 4.78 is 0. The van der Waals surface area contributed by atoms with Crippen LogP contribution in [0.5, 0.6) is 0 Å². The number of aryl methyl sites for hydroxylation is 2. The molecule has 1 aromatic heterocycles. The van der Waals surface area contributed by atoms with Crippen LogP contribution in [0.2, 0.25) is 0 Å². The second kappa shape index (κ2) is 5.88. The summed E-state index contributed by atoms with van der Waals surface area (Å²) in [5.41, 5.74) is 7.76. The summed E-state index contributed by atoms with van der Waals surface area (Å²) in [6.45, 7) is 8.71. The molecule has 3 rings (SSSR count). The molecule has 0 unspecified atom stereocenters. The van der Waals surface area contributed by atoms with Gasteiger partial charge in [0.05, 0.1) is 22.4 Å². The quantitative estimate of drug-likeness (QED) is 0.669. The van der Waals surface area contributed by atoms with E-state index in [4.69, 9.17) is 9.97 Å². The predicted molar refractivity (Wildman–Crippen MR) is 93.0 cm³/mol. The van der Waals surface area contributed by atoms with E-state index < -0.39 is 0 Å². The van der Waals surface area contributed by atoms with E-state index in [1.54, 1.807) is 0 Å². The van der Waals surface area contributed by atoms with Crippen LogP contribution in [0.15, 0.2) is 42.5 Å². The van der Waals surface area contributed by atoms with Gasteiger partial charge in [0.15, 0.2) is 0 Å². The second-order valence-electron chi connectivity index (χ2n) is 6.48. The zero-order valence-electron chi connectivity index (χ0n) is 13.7. The molecule has 0 amide bonds. The molecule has 112 valence electrons. The van der Waals surface area contributed by atoms with E-state index in [9.17, 15) is 0 Å². The number of aromatic nitrogens is 2. The summed E-state index contributed by atoms with van der Waals surface area (Å²) in [6, 6.07) is 14.7. The maximum atomic E-state index is 4.92. The minimum Gasteiger partial charge on any atom is -0.249 e. The first-order chi connectivity index (χ1) is 10.5. The number of nitrogens with zero attached hydrogens (tertiary/aromatic N) is 2. The van der Waals surface area contributed by atoms with Crippen molar-refractivity contribution >= 4 is 11.0 Å². The molecule has 22 heavy (non-hydrogen) atoms. The summed E-state index contributed by atoms with van der Waals surface area (Å²) in [7, 11) is 0. The molecule has 0 saturated heterocycles. The van der Waals surface area contributed by atoms with Gasteiger partial charge in [-0.3, -0.25) is 0 Å². The molecule has 0 aliphatic rings. The lowest BCUT2D eigenvalue weighted by Gasteiger charge is -2.13. The standard InChI is InChI=1S/C20H22N2/c1-13(2)9-19-20(16-11-14(3)10-15(4)12-16)22-18-8-6-5-7-17(18)21-19/h5-8,10-13H,9H2,1-4H3. The molecule has 0 spiro atoms. The maximum Gasteiger partial charge on any atom is 0.0925 e. The molecule has 2 aromatic carbocycles. The SMILES string of the molecule is Cc1cc(C)cc(-c2nc3ccccc3nc2CC(C)C)c1. The lowest BCUT2D eigenvalue weighted by atomic mass is 9.99. The number of hydrogen-bond donors (Lipinski definition) is 0. The average Bonchev–Trinajstić information content (AvgIpc) is 2.45. The van der Waals surface area contributed by atoms with Gasteiger partial charge in [-0.05, 0) is 50.5 Å². The van der Waals surface area contributed by atoms with E-state index in [1.807, 2.05) is 24.3 Å². The Morgan fingerprint density at radius 2 is 1.45 bits per heavy atom. The van der Waals surface area contributed by atoms with Crippen LogP contribution in [0.3, 0.4) is 0 Å². The number of fused-ring (bicyclic) bond motifs is 1. The fraction of sp³-hybridized carbons (Fsp3) is 0.300. The smallest absolute Gasteiger partial charge is 0.0925 e. The molecule has 2 nitrogen and oxygen atoms in total. The van der Waals surface area contributed by atoms with Gasteiger partial charge in [-0.15, -0.1) is 0 Å². The van der Waals surface area contributed by atoms with Crippen LogP contribution in [-0.4, -0.2) is 9.97 Å². The van der Waals surface area contributed by atoms with E-state index in [0.29, 0.717) is 5.92 Å². The van der Waals surface area contributed by atoms with Crippen molar-refractivity contribution in [3.8, 4) is 11.3 Å². The topological polar surface area (TPSA) is 25.8 Å². The molecule has 2 heteroatoms. The van der Waals surface area contributed by atoms with Gasteiger partial charge in [-0.1, -0.05) is 43.2 Å². The molecular weight excluding hydrogens is 268 g/mol. The van der Waals surface area contributed by atoms with Crippen LogP contribution in [-0.2, 0) is 6.42 Å². The third kappa shape index (κ3) is 3.01. The summed E-state index contributed by atoms with van der Waals surface area (Å²) in [4.78, 5) is 9.81. The molecule has 0 atom stereocenters. The van der Waals surface area contributed by atoms with Gasteiger partial charge in [-0.25, -0.2) is 9.97 Å². The van der Waals surface area contributed by atoms with Gasteiger partial charge in [-0.2, -0.15) is 0 Å². The highest BCUT2D eigenvalue weighted by atomic mass is 14.8. The van der Waals surface area contributed by atoms with Crippen LogP contribution < -0.4 is 0 Å². The highest BCUT2D eigenvalue weighted by Gasteiger charge is 2.13. The molecular formula is C20H22N2. The number of rotatable bonds is 3. The normalized spacial score (nSPS) is 11.3. The van der Waals surface area contributed by atoms with Gasteiger partial charge in [0, 0.05) is 5.56 Å². The fourth-order valence-electron chi connectivity index (χ4n) is 2.91. The summed E-state index contributed by atoms with van der Waals surface area (Å²) >= 11 is 0. The Morgan fingerprint density at radius 1 is 0.864 bits per heavy atom. The number of para-hydroxylation sites is 2. The highest BCUT2D eigenvalue weighted by Crippen LogP contribution is 2.27. The van der Waals surface area contributed by atoms with Crippen molar-refractivity contribution in [2.75, 3.05) is 0 Å². The Hall–Kier alpha value is -2.22. The lowest BCUT2D eigenvalue weighted by molar-refractivity contribution is 0.636. The molecule has 0 fully saturated rings. The van der Waals surface area contributed by atoms with Crippen molar-refractivity contribution in [1.29, 1.82) is 0 Å². The van der Waals surface area contributed by atoms with Crippen molar-refractivity contribution in [2.45, 2.75) is 34.1 Å². The van der Waals surface area contributed by atoms with Crippen molar-refractivity contribution in [2.24, 2.45) is 5.92 Å². The maximum absolute atomic E-state index is 4.92. The Morgan fingerprint density at radius 3 is 2.05 bits per heavy atom. The van der Waals surface area contributed by atoms with Gasteiger partial charge in [0.25, 0.3) is 0 Å². The molecule has 0 N–H and O–H groups in total. The van der Waals surface area contributed by atoms with E-state index in [-0.39, 0.29) is 0 Å². The van der Waals surface area contributed by atoms with E-state index >= 15 is 0 Å². The first-order valence-electron chi connectivity index (χ1n) is 7.87. The molecule has 0 bridgehead atoms.